The molecular weight excluding hydrogens is 246 g/mol. The molecule has 0 aliphatic carbocycles. The van der Waals surface area contributed by atoms with Crippen molar-refractivity contribution < 1.29 is 19.6 Å². The molecule has 1 fully saturated rings. The number of rotatable bonds is 4. The highest BCUT2D eigenvalue weighted by atomic mass is 32.2. The highest BCUT2D eigenvalue weighted by Crippen LogP contribution is 2.35. The predicted octanol–water partition coefficient (Wildman–Crippen LogP) is 1.78. The number of thioether (sulfide) groups is 1. The van der Waals surface area contributed by atoms with E-state index < -0.39 is 10.9 Å². The summed E-state index contributed by atoms with van der Waals surface area (Å²) in [4.78, 5) is 21.5. The molecule has 90 valence electrons. The molecule has 0 radical (unpaired) electrons. The molecule has 1 aliphatic rings. The lowest BCUT2D eigenvalue weighted by molar-refractivity contribution is -0.387. The molecule has 0 aromatic heterocycles. The van der Waals surface area contributed by atoms with Crippen molar-refractivity contribution in [3.8, 4) is 0 Å². The van der Waals surface area contributed by atoms with Crippen LogP contribution in [0.1, 0.15) is 10.4 Å². The Morgan fingerprint density at radius 1 is 1.53 bits per heavy atom. The van der Waals surface area contributed by atoms with E-state index in [4.69, 9.17) is 9.84 Å². The molecule has 0 amide bonds. The Hall–Kier alpha value is -1.60. The Kier molecular flexibility index (Phi) is 3.30. The molecule has 1 N–H and O–H groups in total. The van der Waals surface area contributed by atoms with Crippen LogP contribution in [0.2, 0.25) is 0 Å². The van der Waals surface area contributed by atoms with Crippen molar-refractivity contribution in [2.75, 3.05) is 13.2 Å². The highest BCUT2D eigenvalue weighted by molar-refractivity contribution is 8.00. The van der Waals surface area contributed by atoms with E-state index in [2.05, 4.69) is 0 Å². The van der Waals surface area contributed by atoms with Crippen molar-refractivity contribution in [2.45, 2.75) is 10.1 Å². The molecule has 2 rings (SSSR count). The lowest BCUT2D eigenvalue weighted by Crippen LogP contribution is -2.30. The number of nitro benzene ring substituents is 1. The van der Waals surface area contributed by atoms with Gasteiger partial charge < -0.3 is 9.84 Å². The SMILES string of the molecule is O=C(O)c1ccc(SC2COC2)c([N+](=O)[O-])c1. The van der Waals surface area contributed by atoms with Crippen LogP contribution in [0.5, 0.6) is 0 Å². The quantitative estimate of drug-likeness (QED) is 0.651. The monoisotopic (exact) mass is 255 g/mol. The van der Waals surface area contributed by atoms with E-state index in [9.17, 15) is 14.9 Å². The second kappa shape index (κ2) is 4.72. The summed E-state index contributed by atoms with van der Waals surface area (Å²) in [6.45, 7) is 1.14. The zero-order valence-corrected chi connectivity index (χ0v) is 9.48. The van der Waals surface area contributed by atoms with E-state index >= 15 is 0 Å². The zero-order chi connectivity index (χ0) is 12.4. The third-order valence-corrected chi connectivity index (χ3v) is 3.51. The van der Waals surface area contributed by atoms with Gasteiger partial charge in [0.25, 0.3) is 5.69 Å². The fraction of sp³-hybridized carbons (Fsp3) is 0.300. The summed E-state index contributed by atoms with van der Waals surface area (Å²) in [7, 11) is 0. The van der Waals surface area contributed by atoms with Gasteiger partial charge in [0.1, 0.15) is 0 Å². The first kappa shape index (κ1) is 11.9. The minimum absolute atomic E-state index is 0.0779. The topological polar surface area (TPSA) is 89.7 Å². The summed E-state index contributed by atoms with van der Waals surface area (Å²) >= 11 is 1.35. The molecule has 0 saturated carbocycles. The summed E-state index contributed by atoms with van der Waals surface area (Å²) < 4.78 is 4.98. The molecule has 0 unspecified atom stereocenters. The summed E-state index contributed by atoms with van der Waals surface area (Å²) in [5, 5.41) is 19.8. The van der Waals surface area contributed by atoms with Crippen molar-refractivity contribution in [3.05, 3.63) is 33.9 Å². The van der Waals surface area contributed by atoms with Gasteiger partial charge >= 0.3 is 5.97 Å². The van der Waals surface area contributed by atoms with Crippen LogP contribution in [0.15, 0.2) is 23.1 Å². The largest absolute Gasteiger partial charge is 0.478 e. The number of nitrogens with zero attached hydrogens (tertiary/aromatic N) is 1. The fourth-order valence-corrected chi connectivity index (χ4v) is 2.44. The van der Waals surface area contributed by atoms with Crippen molar-refractivity contribution in [3.63, 3.8) is 0 Å². The number of hydrogen-bond acceptors (Lipinski definition) is 5. The summed E-state index contributed by atoms with van der Waals surface area (Å²) in [5.74, 6) is -1.17. The Labute approximate surface area is 101 Å². The van der Waals surface area contributed by atoms with E-state index in [0.29, 0.717) is 18.1 Å². The number of hydrogen-bond donors (Lipinski definition) is 1. The normalized spacial score (nSPS) is 15.3. The Morgan fingerprint density at radius 2 is 2.24 bits per heavy atom. The van der Waals surface area contributed by atoms with Gasteiger partial charge in [0.2, 0.25) is 0 Å². The lowest BCUT2D eigenvalue weighted by Gasteiger charge is -2.24. The van der Waals surface area contributed by atoms with E-state index in [1.165, 1.54) is 23.9 Å². The Morgan fingerprint density at radius 3 is 2.71 bits per heavy atom. The van der Waals surface area contributed by atoms with Gasteiger partial charge in [-0.05, 0) is 12.1 Å². The highest BCUT2D eigenvalue weighted by Gasteiger charge is 2.25. The smallest absolute Gasteiger partial charge is 0.335 e. The van der Waals surface area contributed by atoms with E-state index in [1.807, 2.05) is 0 Å². The average molecular weight is 255 g/mol. The molecule has 1 heterocycles. The number of carboxylic acid groups (broad SMARTS) is 1. The van der Waals surface area contributed by atoms with Crippen LogP contribution in [0.4, 0.5) is 5.69 Å². The van der Waals surface area contributed by atoms with Crippen LogP contribution in [-0.4, -0.2) is 34.5 Å². The van der Waals surface area contributed by atoms with Gasteiger partial charge in [-0.25, -0.2) is 4.79 Å². The first-order valence-electron chi connectivity index (χ1n) is 4.84. The predicted molar refractivity (Wildman–Crippen MR) is 60.5 cm³/mol. The third-order valence-electron chi connectivity index (χ3n) is 2.30. The standard InChI is InChI=1S/C10H9NO5S/c12-10(13)6-1-2-9(8(3-6)11(14)15)17-7-4-16-5-7/h1-3,7H,4-5H2,(H,12,13). The van der Waals surface area contributed by atoms with Crippen LogP contribution in [-0.2, 0) is 4.74 Å². The molecule has 1 aromatic carbocycles. The number of benzene rings is 1. The lowest BCUT2D eigenvalue weighted by atomic mass is 10.2. The maximum Gasteiger partial charge on any atom is 0.335 e. The number of aromatic carboxylic acids is 1. The van der Waals surface area contributed by atoms with Crippen LogP contribution in [0, 0.1) is 10.1 Å². The van der Waals surface area contributed by atoms with Crippen molar-refractivity contribution >= 4 is 23.4 Å². The zero-order valence-electron chi connectivity index (χ0n) is 8.66. The summed E-state index contributed by atoms with van der Waals surface area (Å²) in [6, 6.07) is 3.94. The van der Waals surface area contributed by atoms with Crippen molar-refractivity contribution in [2.24, 2.45) is 0 Å². The molecule has 7 heteroatoms. The number of carbonyl (C=O) groups is 1. The second-order valence-corrected chi connectivity index (χ2v) is 4.86. The van der Waals surface area contributed by atoms with Crippen molar-refractivity contribution in [1.82, 2.24) is 0 Å². The van der Waals surface area contributed by atoms with Gasteiger partial charge in [-0.2, -0.15) is 0 Å². The maximum absolute atomic E-state index is 10.9. The van der Waals surface area contributed by atoms with Crippen LogP contribution in [0.3, 0.4) is 0 Å². The molecule has 1 aliphatic heterocycles. The third kappa shape index (κ3) is 2.56. The number of ether oxygens (including phenoxy) is 1. The Bertz CT molecular complexity index is 472. The fourth-order valence-electron chi connectivity index (χ4n) is 1.35. The average Bonchev–Trinajstić information content (AvgIpc) is 2.23. The van der Waals surface area contributed by atoms with Gasteiger partial charge in [-0.15, -0.1) is 11.8 Å². The maximum atomic E-state index is 10.9. The first-order valence-corrected chi connectivity index (χ1v) is 5.72. The minimum Gasteiger partial charge on any atom is -0.478 e. The van der Waals surface area contributed by atoms with Crippen LogP contribution in [0.25, 0.3) is 0 Å². The molecule has 17 heavy (non-hydrogen) atoms. The molecule has 1 aromatic rings. The molecular formula is C10H9NO5S. The molecule has 1 saturated heterocycles. The van der Waals surface area contributed by atoms with Crippen LogP contribution >= 0.6 is 11.8 Å². The van der Waals surface area contributed by atoms with E-state index in [-0.39, 0.29) is 16.5 Å². The first-order chi connectivity index (χ1) is 8.08. The van der Waals surface area contributed by atoms with Gasteiger partial charge in [-0.1, -0.05) is 0 Å². The second-order valence-electron chi connectivity index (χ2n) is 3.52. The Balaban J connectivity index is 2.30. The molecule has 6 nitrogen and oxygen atoms in total. The van der Waals surface area contributed by atoms with Crippen molar-refractivity contribution in [1.29, 1.82) is 0 Å². The van der Waals surface area contributed by atoms with E-state index in [0.717, 1.165) is 6.07 Å². The van der Waals surface area contributed by atoms with Gasteiger partial charge in [0.05, 0.1) is 33.8 Å². The summed E-state index contributed by atoms with van der Waals surface area (Å²) in [6.07, 6.45) is 0. The molecule has 0 atom stereocenters. The van der Waals surface area contributed by atoms with Gasteiger partial charge in [-0.3, -0.25) is 10.1 Å². The van der Waals surface area contributed by atoms with Crippen LogP contribution < -0.4 is 0 Å². The minimum atomic E-state index is -1.17. The van der Waals surface area contributed by atoms with E-state index in [1.54, 1.807) is 0 Å². The molecule has 0 bridgehead atoms. The van der Waals surface area contributed by atoms with Gasteiger partial charge in [0.15, 0.2) is 0 Å². The number of carboxylic acids is 1. The van der Waals surface area contributed by atoms with Gasteiger partial charge in [0, 0.05) is 6.07 Å². The number of nitro groups is 1. The summed E-state index contributed by atoms with van der Waals surface area (Å²) in [5.41, 5.74) is -0.243. The molecule has 0 spiro atoms.